The molecule has 0 radical (unpaired) electrons. The number of carbonyl (C=O) groups is 2. The summed E-state index contributed by atoms with van der Waals surface area (Å²) in [6, 6.07) is 10.3. The molecule has 7 heteroatoms. The summed E-state index contributed by atoms with van der Waals surface area (Å²) < 4.78 is 0. The maximum atomic E-state index is 12.2. The molecule has 1 atom stereocenters. The van der Waals surface area contributed by atoms with Crippen LogP contribution in [0.1, 0.15) is 16.1 Å². The zero-order chi connectivity index (χ0) is 16.5. The van der Waals surface area contributed by atoms with Crippen LogP contribution in [0.25, 0.3) is 0 Å². The van der Waals surface area contributed by atoms with Gasteiger partial charge in [0.05, 0.1) is 12.3 Å². The van der Waals surface area contributed by atoms with E-state index in [0.717, 1.165) is 5.56 Å². The standard InChI is InChI=1S/C16H15N5O2/c17-6-7-20-15(22)13(10-12-4-2-1-3-5-12)21-16(23)14-11-18-8-9-19-14/h1-5,8-9,11,13H,7,10H2,(H,20,22)(H,21,23). The summed E-state index contributed by atoms with van der Waals surface area (Å²) in [5.74, 6) is -0.918. The largest absolute Gasteiger partial charge is 0.341 e. The summed E-state index contributed by atoms with van der Waals surface area (Å²) in [5, 5.41) is 13.7. The average molecular weight is 309 g/mol. The number of nitrogens with one attached hydrogen (secondary N) is 2. The van der Waals surface area contributed by atoms with Crippen molar-refractivity contribution in [2.24, 2.45) is 0 Å². The van der Waals surface area contributed by atoms with Gasteiger partial charge in [-0.05, 0) is 5.56 Å². The van der Waals surface area contributed by atoms with Crippen molar-refractivity contribution in [1.82, 2.24) is 20.6 Å². The second-order valence-electron chi connectivity index (χ2n) is 4.68. The van der Waals surface area contributed by atoms with E-state index in [1.165, 1.54) is 18.6 Å². The van der Waals surface area contributed by atoms with E-state index in [9.17, 15) is 9.59 Å². The van der Waals surface area contributed by atoms with Gasteiger partial charge in [0.15, 0.2) is 0 Å². The van der Waals surface area contributed by atoms with Crippen LogP contribution in [0.5, 0.6) is 0 Å². The predicted molar refractivity (Wildman–Crippen MR) is 82.1 cm³/mol. The lowest BCUT2D eigenvalue weighted by molar-refractivity contribution is -0.122. The van der Waals surface area contributed by atoms with Crippen molar-refractivity contribution >= 4 is 11.8 Å². The summed E-state index contributed by atoms with van der Waals surface area (Å²) in [6.45, 7) is -0.120. The Kier molecular flexibility index (Phi) is 5.77. The monoisotopic (exact) mass is 309 g/mol. The van der Waals surface area contributed by atoms with Crippen LogP contribution in [-0.2, 0) is 11.2 Å². The maximum absolute atomic E-state index is 12.2. The quantitative estimate of drug-likeness (QED) is 0.754. The Morgan fingerprint density at radius 2 is 2.00 bits per heavy atom. The van der Waals surface area contributed by atoms with Crippen LogP contribution in [0.2, 0.25) is 0 Å². The van der Waals surface area contributed by atoms with Crippen molar-refractivity contribution in [2.75, 3.05) is 6.54 Å². The molecule has 2 rings (SSSR count). The van der Waals surface area contributed by atoms with E-state index in [1.807, 2.05) is 36.4 Å². The molecule has 2 amide bonds. The van der Waals surface area contributed by atoms with Gasteiger partial charge < -0.3 is 10.6 Å². The first kappa shape index (κ1) is 16.1. The van der Waals surface area contributed by atoms with Crippen LogP contribution in [0.4, 0.5) is 0 Å². The van der Waals surface area contributed by atoms with Crippen LogP contribution < -0.4 is 10.6 Å². The first-order chi connectivity index (χ1) is 11.2. The Morgan fingerprint density at radius 3 is 2.65 bits per heavy atom. The molecular weight excluding hydrogens is 294 g/mol. The van der Waals surface area contributed by atoms with Gasteiger partial charge in [-0.1, -0.05) is 30.3 Å². The summed E-state index contributed by atoms with van der Waals surface area (Å²) >= 11 is 0. The van der Waals surface area contributed by atoms with Gasteiger partial charge in [0, 0.05) is 18.8 Å². The molecule has 7 nitrogen and oxygen atoms in total. The third kappa shape index (κ3) is 4.89. The second-order valence-corrected chi connectivity index (χ2v) is 4.68. The van der Waals surface area contributed by atoms with Crippen molar-refractivity contribution in [3.8, 4) is 6.07 Å². The number of amides is 2. The van der Waals surface area contributed by atoms with Crippen molar-refractivity contribution < 1.29 is 9.59 Å². The number of nitriles is 1. The van der Waals surface area contributed by atoms with Crippen molar-refractivity contribution in [3.05, 3.63) is 60.2 Å². The maximum Gasteiger partial charge on any atom is 0.272 e. The van der Waals surface area contributed by atoms with Crippen molar-refractivity contribution in [3.63, 3.8) is 0 Å². The molecule has 0 saturated carbocycles. The van der Waals surface area contributed by atoms with Crippen molar-refractivity contribution in [2.45, 2.75) is 12.5 Å². The molecule has 116 valence electrons. The van der Waals surface area contributed by atoms with Crippen LogP contribution >= 0.6 is 0 Å². The predicted octanol–water partition coefficient (Wildman–Crippen LogP) is 0.457. The summed E-state index contributed by atoms with van der Waals surface area (Å²) in [6.07, 6.45) is 4.49. The minimum Gasteiger partial charge on any atom is -0.341 e. The Bertz CT molecular complexity index is 697. The fourth-order valence-electron chi connectivity index (χ4n) is 1.96. The molecule has 1 aromatic carbocycles. The SMILES string of the molecule is N#CCNC(=O)C(Cc1ccccc1)NC(=O)c1cnccn1. The second kappa shape index (κ2) is 8.24. The molecule has 23 heavy (non-hydrogen) atoms. The highest BCUT2D eigenvalue weighted by Crippen LogP contribution is 2.04. The zero-order valence-corrected chi connectivity index (χ0v) is 12.3. The first-order valence-corrected chi connectivity index (χ1v) is 6.96. The van der Waals surface area contributed by atoms with Crippen LogP contribution in [0, 0.1) is 11.3 Å². The molecule has 1 heterocycles. The molecule has 0 aliphatic rings. The van der Waals surface area contributed by atoms with Gasteiger partial charge in [0.1, 0.15) is 18.3 Å². The Labute approximate surface area is 133 Å². The fourth-order valence-corrected chi connectivity index (χ4v) is 1.96. The average Bonchev–Trinajstić information content (AvgIpc) is 2.60. The topological polar surface area (TPSA) is 108 Å². The van der Waals surface area contributed by atoms with Gasteiger partial charge in [0.2, 0.25) is 5.91 Å². The number of carbonyl (C=O) groups excluding carboxylic acids is 2. The minimum absolute atomic E-state index is 0.120. The van der Waals surface area contributed by atoms with Gasteiger partial charge in [-0.25, -0.2) is 4.98 Å². The van der Waals surface area contributed by atoms with Gasteiger partial charge in [-0.15, -0.1) is 0 Å². The van der Waals surface area contributed by atoms with Crippen molar-refractivity contribution in [1.29, 1.82) is 5.26 Å². The number of hydrogen-bond donors (Lipinski definition) is 2. The van der Waals surface area contributed by atoms with Crippen LogP contribution in [0.3, 0.4) is 0 Å². The Balaban J connectivity index is 2.11. The van der Waals surface area contributed by atoms with Gasteiger partial charge in [-0.3, -0.25) is 14.6 Å². The fraction of sp³-hybridized carbons (Fsp3) is 0.188. The lowest BCUT2D eigenvalue weighted by atomic mass is 10.1. The van der Waals surface area contributed by atoms with E-state index >= 15 is 0 Å². The number of nitrogens with zero attached hydrogens (tertiary/aromatic N) is 3. The summed E-state index contributed by atoms with van der Waals surface area (Å²) in [4.78, 5) is 32.1. The Hall–Kier alpha value is -3.27. The van der Waals surface area contributed by atoms with Gasteiger partial charge in [0.25, 0.3) is 5.91 Å². The van der Waals surface area contributed by atoms with Crippen LogP contribution in [-0.4, -0.2) is 34.4 Å². The normalized spacial score (nSPS) is 11.1. The molecule has 1 aromatic heterocycles. The van der Waals surface area contributed by atoms with Crippen LogP contribution in [0.15, 0.2) is 48.9 Å². The molecule has 0 saturated heterocycles. The minimum atomic E-state index is -0.805. The molecule has 1 unspecified atom stereocenters. The number of aromatic nitrogens is 2. The highest BCUT2D eigenvalue weighted by Gasteiger charge is 2.22. The number of hydrogen-bond acceptors (Lipinski definition) is 5. The third-order valence-corrected chi connectivity index (χ3v) is 3.04. The molecule has 0 aliphatic heterocycles. The molecule has 2 aromatic rings. The Morgan fingerprint density at radius 1 is 1.22 bits per heavy atom. The van der Waals surface area contributed by atoms with E-state index in [1.54, 1.807) is 0 Å². The van der Waals surface area contributed by atoms with E-state index in [2.05, 4.69) is 20.6 Å². The molecule has 0 bridgehead atoms. The number of rotatable bonds is 6. The summed E-state index contributed by atoms with van der Waals surface area (Å²) in [5.41, 5.74) is 1.02. The smallest absolute Gasteiger partial charge is 0.272 e. The van der Waals surface area contributed by atoms with E-state index in [-0.39, 0.29) is 12.2 Å². The molecular formula is C16H15N5O2. The third-order valence-electron chi connectivity index (χ3n) is 3.04. The molecule has 0 aliphatic carbocycles. The molecule has 0 fully saturated rings. The first-order valence-electron chi connectivity index (χ1n) is 6.96. The summed E-state index contributed by atoms with van der Waals surface area (Å²) in [7, 11) is 0. The number of benzene rings is 1. The van der Waals surface area contributed by atoms with Gasteiger partial charge in [-0.2, -0.15) is 5.26 Å². The van der Waals surface area contributed by atoms with E-state index in [4.69, 9.17) is 5.26 Å². The lowest BCUT2D eigenvalue weighted by Crippen LogP contribution is -2.48. The van der Waals surface area contributed by atoms with Gasteiger partial charge >= 0.3 is 0 Å². The zero-order valence-electron chi connectivity index (χ0n) is 12.3. The van der Waals surface area contributed by atoms with E-state index < -0.39 is 17.9 Å². The van der Waals surface area contributed by atoms with E-state index in [0.29, 0.717) is 6.42 Å². The molecule has 0 spiro atoms. The lowest BCUT2D eigenvalue weighted by Gasteiger charge is -2.17. The highest BCUT2D eigenvalue weighted by molar-refractivity contribution is 5.96. The highest BCUT2D eigenvalue weighted by atomic mass is 16.2. The molecule has 2 N–H and O–H groups in total.